The van der Waals surface area contributed by atoms with E-state index in [9.17, 15) is 14.7 Å². The van der Waals surface area contributed by atoms with Crippen LogP contribution in [0.15, 0.2) is 58.4 Å². The van der Waals surface area contributed by atoms with Crippen LogP contribution in [0, 0.1) is 27.6 Å². The summed E-state index contributed by atoms with van der Waals surface area (Å²) in [7, 11) is 0. The topological polar surface area (TPSA) is 54.4 Å². The molecule has 0 aromatic carbocycles. The molecule has 3 nitrogen and oxygen atoms in total. The molecule has 5 atom stereocenters. The Balaban J connectivity index is 1.68. The molecule has 0 aromatic rings. The van der Waals surface area contributed by atoms with E-state index in [1.807, 2.05) is 13.8 Å². The first-order valence-corrected chi connectivity index (χ1v) is 12.2. The summed E-state index contributed by atoms with van der Waals surface area (Å²) < 4.78 is 0. The Bertz CT molecular complexity index is 1100. The maximum atomic E-state index is 13.1. The molecule has 0 aromatic heterocycles. The van der Waals surface area contributed by atoms with Crippen LogP contribution in [0.1, 0.15) is 79.6 Å². The van der Waals surface area contributed by atoms with Crippen LogP contribution < -0.4 is 0 Å². The highest BCUT2D eigenvalue weighted by atomic mass is 16.3. The van der Waals surface area contributed by atoms with E-state index in [-0.39, 0.29) is 33.2 Å². The van der Waals surface area contributed by atoms with Crippen LogP contribution in [0.25, 0.3) is 0 Å². The zero-order valence-corrected chi connectivity index (χ0v) is 20.2. The van der Waals surface area contributed by atoms with Gasteiger partial charge in [0.05, 0.1) is 0 Å². The fourth-order valence-electron chi connectivity index (χ4n) is 8.46. The first-order chi connectivity index (χ1) is 14.9. The summed E-state index contributed by atoms with van der Waals surface area (Å²) in [4.78, 5) is 25.7. The lowest BCUT2D eigenvalue weighted by molar-refractivity contribution is -0.162. The molecule has 5 unspecified atom stereocenters. The van der Waals surface area contributed by atoms with Gasteiger partial charge in [0.1, 0.15) is 5.78 Å². The van der Waals surface area contributed by atoms with Crippen molar-refractivity contribution in [1.29, 1.82) is 0 Å². The minimum absolute atomic E-state index is 0.00320. The van der Waals surface area contributed by atoms with Crippen molar-refractivity contribution in [2.24, 2.45) is 27.6 Å². The fourth-order valence-corrected chi connectivity index (χ4v) is 8.46. The minimum Gasteiger partial charge on any atom is -0.504 e. The molecule has 3 heteroatoms. The van der Waals surface area contributed by atoms with E-state index in [1.165, 1.54) is 11.1 Å². The predicted octanol–water partition coefficient (Wildman–Crippen LogP) is 6.73. The number of aliphatic hydroxyl groups is 1. The monoisotopic (exact) mass is 432 g/mol. The van der Waals surface area contributed by atoms with Gasteiger partial charge in [-0.25, -0.2) is 0 Å². The number of allylic oxidation sites excluding steroid dienone is 8. The molecule has 5 aliphatic carbocycles. The molecule has 3 saturated carbocycles. The zero-order valence-electron chi connectivity index (χ0n) is 20.2. The summed E-state index contributed by atoms with van der Waals surface area (Å²) in [6.07, 6.45) is 12.9. The van der Waals surface area contributed by atoms with E-state index in [0.717, 1.165) is 56.1 Å². The van der Waals surface area contributed by atoms with Crippen molar-refractivity contribution in [3.63, 3.8) is 0 Å². The van der Waals surface area contributed by atoms with Crippen LogP contribution in [-0.4, -0.2) is 16.7 Å². The van der Waals surface area contributed by atoms with Gasteiger partial charge in [0.25, 0.3) is 0 Å². The lowest BCUT2D eigenvalue weighted by Crippen LogP contribution is -2.62. The van der Waals surface area contributed by atoms with Crippen molar-refractivity contribution in [2.45, 2.75) is 79.6 Å². The third-order valence-corrected chi connectivity index (χ3v) is 10.8. The van der Waals surface area contributed by atoms with Crippen LogP contribution in [-0.2, 0) is 9.59 Å². The number of carbonyl (C=O) groups excluding carboxylic acids is 2. The highest BCUT2D eigenvalue weighted by Gasteiger charge is 2.67. The Hall–Kier alpha value is -2.16. The number of Topliss-reactive ketones (excluding diaryl/α,β-unsaturated/α-hetero) is 1. The van der Waals surface area contributed by atoms with Crippen LogP contribution in [0.4, 0.5) is 0 Å². The van der Waals surface area contributed by atoms with Crippen LogP contribution in [0.5, 0.6) is 0 Å². The summed E-state index contributed by atoms with van der Waals surface area (Å²) in [6, 6.07) is 0. The van der Waals surface area contributed by atoms with E-state index >= 15 is 0 Å². The van der Waals surface area contributed by atoms with Crippen molar-refractivity contribution < 1.29 is 14.7 Å². The van der Waals surface area contributed by atoms with Crippen LogP contribution in [0.2, 0.25) is 0 Å². The van der Waals surface area contributed by atoms with E-state index in [4.69, 9.17) is 0 Å². The number of aliphatic hydroxyl groups excluding tert-OH is 1. The highest BCUT2D eigenvalue weighted by Crippen LogP contribution is 2.74. The lowest BCUT2D eigenvalue weighted by Gasteiger charge is -2.69. The summed E-state index contributed by atoms with van der Waals surface area (Å²) in [5.41, 5.74) is 4.96. The number of fused-ring (bicyclic) bond motifs is 7. The summed E-state index contributed by atoms with van der Waals surface area (Å²) >= 11 is 0. The maximum absolute atomic E-state index is 13.1. The second-order valence-corrected chi connectivity index (χ2v) is 11.9. The van der Waals surface area contributed by atoms with E-state index in [2.05, 4.69) is 39.5 Å². The van der Waals surface area contributed by atoms with Gasteiger partial charge in [-0.05, 0) is 92.8 Å². The molecule has 170 valence electrons. The van der Waals surface area contributed by atoms with Gasteiger partial charge < -0.3 is 5.11 Å². The Morgan fingerprint density at radius 2 is 1.81 bits per heavy atom. The summed E-state index contributed by atoms with van der Waals surface area (Å²) in [5, 5.41) is 10.3. The predicted molar refractivity (Wildman–Crippen MR) is 127 cm³/mol. The zero-order chi connectivity index (χ0) is 23.3. The number of rotatable bonds is 1. The maximum Gasteiger partial charge on any atom is 0.220 e. The number of hydrogen-bond donors (Lipinski definition) is 1. The Labute approximate surface area is 192 Å². The highest BCUT2D eigenvalue weighted by molar-refractivity contribution is 6.06. The number of hydrogen-bond acceptors (Lipinski definition) is 3. The molecule has 5 aliphatic rings. The summed E-state index contributed by atoms with van der Waals surface area (Å²) in [6.45, 7) is 15.2. The van der Waals surface area contributed by atoms with Crippen molar-refractivity contribution in [2.75, 3.05) is 0 Å². The van der Waals surface area contributed by atoms with Gasteiger partial charge in [-0.1, -0.05) is 50.6 Å². The van der Waals surface area contributed by atoms with Crippen molar-refractivity contribution in [3.05, 3.63) is 58.4 Å². The smallest absolute Gasteiger partial charge is 0.220 e. The first-order valence-electron chi connectivity index (χ1n) is 12.2. The SMILES string of the molecule is C=C1CCC2(C(C)=O)CCC3(C)C4=CC=C5C(=CC(=O)C(O)=C5C)C4(C)CCC3(C)C2C1. The molecule has 1 N–H and O–H groups in total. The average molecular weight is 433 g/mol. The Morgan fingerprint density at radius 3 is 2.50 bits per heavy atom. The van der Waals surface area contributed by atoms with Gasteiger partial charge >= 0.3 is 0 Å². The molecule has 0 spiro atoms. The molecule has 3 fully saturated rings. The molecular formula is C29H36O3. The molecule has 0 radical (unpaired) electrons. The van der Waals surface area contributed by atoms with E-state index in [0.29, 0.717) is 17.3 Å². The van der Waals surface area contributed by atoms with Gasteiger partial charge in [-0.15, -0.1) is 0 Å². The van der Waals surface area contributed by atoms with Gasteiger partial charge in [0.2, 0.25) is 5.78 Å². The van der Waals surface area contributed by atoms with Crippen molar-refractivity contribution in [1.82, 2.24) is 0 Å². The quantitative estimate of drug-likeness (QED) is 0.467. The van der Waals surface area contributed by atoms with Crippen molar-refractivity contribution in [3.8, 4) is 0 Å². The largest absolute Gasteiger partial charge is 0.504 e. The summed E-state index contributed by atoms with van der Waals surface area (Å²) in [5.74, 6) is 0.273. The number of ketones is 2. The van der Waals surface area contributed by atoms with Crippen molar-refractivity contribution >= 4 is 11.6 Å². The molecule has 32 heavy (non-hydrogen) atoms. The van der Waals surface area contributed by atoms with Gasteiger partial charge in [0.15, 0.2) is 5.76 Å². The van der Waals surface area contributed by atoms with Gasteiger partial charge in [0, 0.05) is 16.4 Å². The molecule has 0 aliphatic heterocycles. The standard InChI is InChI=1S/C29H36O3/c1-17-9-10-29(19(3)30)14-13-27(5)23-8-7-20-18(2)25(32)22(31)16-21(20)26(23,4)11-12-28(27,6)24(29)15-17/h7-8,16,24,32H,1,9-15H2,2-6H3. The molecule has 0 bridgehead atoms. The normalized spacial score (nSPS) is 43.3. The van der Waals surface area contributed by atoms with E-state index < -0.39 is 0 Å². The van der Waals surface area contributed by atoms with Crippen LogP contribution >= 0.6 is 0 Å². The average Bonchev–Trinajstić information content (AvgIpc) is 2.74. The van der Waals surface area contributed by atoms with Gasteiger partial charge in [-0.2, -0.15) is 0 Å². The third kappa shape index (κ3) is 2.38. The molecule has 0 saturated heterocycles. The minimum atomic E-state index is -0.279. The Morgan fingerprint density at radius 1 is 1.09 bits per heavy atom. The molecule has 0 amide bonds. The first kappa shape index (κ1) is 21.7. The van der Waals surface area contributed by atoms with Crippen LogP contribution in [0.3, 0.4) is 0 Å². The molecule has 0 heterocycles. The Kier molecular flexibility index (Phi) is 4.37. The second-order valence-electron chi connectivity index (χ2n) is 11.9. The molecule has 5 rings (SSSR count). The lowest BCUT2D eigenvalue weighted by atomic mass is 9.35. The molecular weight excluding hydrogens is 396 g/mol. The van der Waals surface area contributed by atoms with Gasteiger partial charge in [-0.3, -0.25) is 9.59 Å². The second kappa shape index (κ2) is 6.46. The number of carbonyl (C=O) groups is 2. The fraction of sp³-hybridized carbons (Fsp3) is 0.586. The van der Waals surface area contributed by atoms with E-state index in [1.54, 1.807) is 6.08 Å². The third-order valence-electron chi connectivity index (χ3n) is 10.8.